The molecule has 0 aliphatic carbocycles. The minimum atomic E-state index is 0.0110. The molecule has 1 unspecified atom stereocenters. The first-order valence-corrected chi connectivity index (χ1v) is 8.52. The van der Waals surface area contributed by atoms with Crippen LogP contribution in [0.15, 0.2) is 18.2 Å². The molecule has 0 fully saturated rings. The molecule has 0 aliphatic rings. The van der Waals surface area contributed by atoms with Crippen molar-refractivity contribution < 1.29 is 4.79 Å². The van der Waals surface area contributed by atoms with Crippen LogP contribution in [0.4, 0.5) is 5.69 Å². The lowest BCUT2D eigenvalue weighted by molar-refractivity contribution is 0.0954. The van der Waals surface area contributed by atoms with Gasteiger partial charge in [0.05, 0.1) is 5.56 Å². The number of carbonyl (C=O) groups excluding carboxylic acids is 1. The lowest BCUT2D eigenvalue weighted by Crippen LogP contribution is -2.27. The van der Waals surface area contributed by atoms with Crippen LogP contribution in [0.3, 0.4) is 0 Å². The van der Waals surface area contributed by atoms with E-state index in [0.29, 0.717) is 5.25 Å². The molecule has 112 valence electrons. The second-order valence-electron chi connectivity index (χ2n) is 5.07. The Bertz CT molecular complexity index is 434. The molecular weight excluding hydrogens is 268 g/mol. The molecule has 0 saturated heterocycles. The molecule has 2 N–H and O–H groups in total. The molecule has 20 heavy (non-hydrogen) atoms. The first-order chi connectivity index (χ1) is 9.58. The standard InChI is InChI=1S/C16H26N2OS/c1-5-9-17-15-11-12(2)6-7-14(15)16(19)18-10-8-13(3)20-4/h6-7,11,13,17H,5,8-10H2,1-4H3,(H,18,19). The molecule has 4 heteroatoms. The zero-order valence-corrected chi connectivity index (χ0v) is 13.8. The van der Waals surface area contributed by atoms with Gasteiger partial charge in [0.25, 0.3) is 5.91 Å². The lowest BCUT2D eigenvalue weighted by atomic mass is 10.1. The molecule has 1 atom stereocenters. The van der Waals surface area contributed by atoms with Gasteiger partial charge in [-0.25, -0.2) is 0 Å². The van der Waals surface area contributed by atoms with Crippen molar-refractivity contribution in [3.63, 3.8) is 0 Å². The summed E-state index contributed by atoms with van der Waals surface area (Å²) in [5.74, 6) is 0.0110. The van der Waals surface area contributed by atoms with Crippen LogP contribution in [0, 0.1) is 6.92 Å². The van der Waals surface area contributed by atoms with E-state index >= 15 is 0 Å². The SMILES string of the molecule is CCCNc1cc(C)ccc1C(=O)NCCC(C)SC. The van der Waals surface area contributed by atoms with Crippen molar-refractivity contribution in [1.82, 2.24) is 5.32 Å². The van der Waals surface area contributed by atoms with E-state index in [4.69, 9.17) is 0 Å². The largest absolute Gasteiger partial charge is 0.384 e. The normalized spacial score (nSPS) is 12.0. The Labute approximate surface area is 126 Å². The van der Waals surface area contributed by atoms with Crippen molar-refractivity contribution in [1.29, 1.82) is 0 Å². The van der Waals surface area contributed by atoms with Crippen molar-refractivity contribution in [3.8, 4) is 0 Å². The summed E-state index contributed by atoms with van der Waals surface area (Å²) in [6, 6.07) is 5.92. The summed E-state index contributed by atoms with van der Waals surface area (Å²) in [5, 5.41) is 6.91. The summed E-state index contributed by atoms with van der Waals surface area (Å²) in [6.45, 7) is 7.94. The predicted molar refractivity (Wildman–Crippen MR) is 89.9 cm³/mol. The average Bonchev–Trinajstić information content (AvgIpc) is 2.44. The highest BCUT2D eigenvalue weighted by atomic mass is 32.2. The second kappa shape index (κ2) is 8.90. The summed E-state index contributed by atoms with van der Waals surface area (Å²) in [6.07, 6.45) is 4.13. The van der Waals surface area contributed by atoms with E-state index in [-0.39, 0.29) is 5.91 Å². The van der Waals surface area contributed by atoms with Crippen LogP contribution in [-0.2, 0) is 0 Å². The van der Waals surface area contributed by atoms with Gasteiger partial charge in [-0.05, 0) is 43.7 Å². The van der Waals surface area contributed by atoms with Crippen molar-refractivity contribution in [2.24, 2.45) is 0 Å². The molecule has 0 radical (unpaired) electrons. The third-order valence-corrected chi connectivity index (χ3v) is 4.26. The van der Waals surface area contributed by atoms with Crippen LogP contribution in [0.5, 0.6) is 0 Å². The maximum atomic E-state index is 12.3. The fourth-order valence-corrected chi connectivity index (χ4v) is 2.22. The van der Waals surface area contributed by atoms with E-state index in [2.05, 4.69) is 30.7 Å². The number of hydrogen-bond donors (Lipinski definition) is 2. The molecule has 0 spiro atoms. The van der Waals surface area contributed by atoms with Gasteiger partial charge in [0.1, 0.15) is 0 Å². The van der Waals surface area contributed by atoms with Crippen LogP contribution >= 0.6 is 11.8 Å². The van der Waals surface area contributed by atoms with E-state index in [0.717, 1.165) is 42.7 Å². The molecule has 0 aromatic heterocycles. The smallest absolute Gasteiger partial charge is 0.253 e. The minimum absolute atomic E-state index is 0.0110. The lowest BCUT2D eigenvalue weighted by Gasteiger charge is -2.13. The van der Waals surface area contributed by atoms with Gasteiger partial charge in [0.2, 0.25) is 0 Å². The fraction of sp³-hybridized carbons (Fsp3) is 0.562. The third-order valence-electron chi connectivity index (χ3n) is 3.22. The maximum Gasteiger partial charge on any atom is 0.253 e. The number of rotatable bonds is 8. The number of amides is 1. The van der Waals surface area contributed by atoms with Crippen LogP contribution in [0.2, 0.25) is 0 Å². The van der Waals surface area contributed by atoms with Crippen LogP contribution in [0.1, 0.15) is 42.6 Å². The second-order valence-corrected chi connectivity index (χ2v) is 6.34. The number of aryl methyl sites for hydroxylation is 1. The molecule has 3 nitrogen and oxygen atoms in total. The highest BCUT2D eigenvalue weighted by Crippen LogP contribution is 2.18. The quantitative estimate of drug-likeness (QED) is 0.768. The zero-order chi connectivity index (χ0) is 15.0. The Hall–Kier alpha value is -1.16. The van der Waals surface area contributed by atoms with Gasteiger partial charge in [-0.15, -0.1) is 0 Å². The summed E-state index contributed by atoms with van der Waals surface area (Å²) < 4.78 is 0. The van der Waals surface area contributed by atoms with E-state index in [1.54, 1.807) is 0 Å². The number of hydrogen-bond acceptors (Lipinski definition) is 3. The van der Waals surface area contributed by atoms with Crippen LogP contribution in [0.25, 0.3) is 0 Å². The monoisotopic (exact) mass is 294 g/mol. The number of anilines is 1. The van der Waals surface area contributed by atoms with Gasteiger partial charge in [0.15, 0.2) is 0 Å². The molecule has 1 aromatic carbocycles. The van der Waals surface area contributed by atoms with E-state index in [1.807, 2.05) is 36.9 Å². The third kappa shape index (κ3) is 5.45. The van der Waals surface area contributed by atoms with Crippen molar-refractivity contribution in [2.75, 3.05) is 24.7 Å². The minimum Gasteiger partial charge on any atom is -0.384 e. The maximum absolute atomic E-state index is 12.3. The molecule has 0 heterocycles. The first kappa shape index (κ1) is 16.9. The van der Waals surface area contributed by atoms with Crippen molar-refractivity contribution in [3.05, 3.63) is 29.3 Å². The number of carbonyl (C=O) groups is 1. The topological polar surface area (TPSA) is 41.1 Å². The molecular formula is C16H26N2OS. The van der Waals surface area contributed by atoms with Crippen LogP contribution < -0.4 is 10.6 Å². The molecule has 0 aliphatic heterocycles. The number of nitrogens with one attached hydrogen (secondary N) is 2. The molecule has 1 rings (SSSR count). The van der Waals surface area contributed by atoms with E-state index in [1.165, 1.54) is 0 Å². The number of thioether (sulfide) groups is 1. The van der Waals surface area contributed by atoms with E-state index < -0.39 is 0 Å². The van der Waals surface area contributed by atoms with Gasteiger partial charge >= 0.3 is 0 Å². The van der Waals surface area contributed by atoms with Gasteiger partial charge in [-0.2, -0.15) is 11.8 Å². The van der Waals surface area contributed by atoms with Gasteiger partial charge in [-0.3, -0.25) is 4.79 Å². The van der Waals surface area contributed by atoms with E-state index in [9.17, 15) is 4.79 Å². The van der Waals surface area contributed by atoms with Crippen molar-refractivity contribution in [2.45, 2.75) is 38.9 Å². The summed E-state index contributed by atoms with van der Waals surface area (Å²) in [4.78, 5) is 12.3. The summed E-state index contributed by atoms with van der Waals surface area (Å²) in [7, 11) is 0. The highest BCUT2D eigenvalue weighted by Gasteiger charge is 2.11. The Morgan fingerprint density at radius 2 is 2.10 bits per heavy atom. The van der Waals surface area contributed by atoms with Gasteiger partial charge in [-0.1, -0.05) is 19.9 Å². The average molecular weight is 294 g/mol. The highest BCUT2D eigenvalue weighted by molar-refractivity contribution is 7.99. The van der Waals surface area contributed by atoms with Crippen molar-refractivity contribution >= 4 is 23.4 Å². The predicted octanol–water partition coefficient (Wildman–Crippen LogP) is 3.69. The Kier molecular flexibility index (Phi) is 7.52. The Balaban J connectivity index is 2.66. The molecule has 1 aromatic rings. The Morgan fingerprint density at radius 1 is 1.35 bits per heavy atom. The Morgan fingerprint density at radius 3 is 2.75 bits per heavy atom. The summed E-state index contributed by atoms with van der Waals surface area (Å²) >= 11 is 1.82. The first-order valence-electron chi connectivity index (χ1n) is 7.24. The van der Waals surface area contributed by atoms with Gasteiger partial charge in [0, 0.05) is 24.0 Å². The summed E-state index contributed by atoms with van der Waals surface area (Å²) in [5.41, 5.74) is 2.83. The molecule has 0 bridgehead atoms. The fourth-order valence-electron chi connectivity index (χ4n) is 1.86. The van der Waals surface area contributed by atoms with Crippen LogP contribution in [-0.4, -0.2) is 30.5 Å². The molecule has 0 saturated carbocycles. The zero-order valence-electron chi connectivity index (χ0n) is 13.0. The number of benzene rings is 1. The molecule has 1 amide bonds. The van der Waals surface area contributed by atoms with Gasteiger partial charge < -0.3 is 10.6 Å².